The summed E-state index contributed by atoms with van der Waals surface area (Å²) in [5.74, 6) is -0.366. The van der Waals surface area contributed by atoms with Crippen LogP contribution >= 0.6 is 23.8 Å². The lowest BCUT2D eigenvalue weighted by molar-refractivity contribution is -0.143. The van der Waals surface area contributed by atoms with E-state index >= 15 is 0 Å². The number of allylic oxidation sites excluding steroid dienone is 1. The molecule has 1 atom stereocenters. The third-order valence-electron chi connectivity index (χ3n) is 3.01. The predicted octanol–water partition coefficient (Wildman–Crippen LogP) is 3.08. The Morgan fingerprint density at radius 2 is 2.14 bits per heavy atom. The molecule has 2 N–H and O–H groups in total. The van der Waals surface area contributed by atoms with E-state index in [-0.39, 0.29) is 18.1 Å². The molecule has 1 aromatic carbocycles. The van der Waals surface area contributed by atoms with Gasteiger partial charge in [-0.15, -0.1) is 0 Å². The van der Waals surface area contributed by atoms with E-state index in [9.17, 15) is 4.79 Å². The minimum absolute atomic E-state index is 0.188. The van der Waals surface area contributed by atoms with E-state index in [2.05, 4.69) is 10.6 Å². The number of halogens is 1. The molecule has 6 heteroatoms. The summed E-state index contributed by atoms with van der Waals surface area (Å²) >= 11 is 11.2. The fourth-order valence-corrected chi connectivity index (χ4v) is 2.65. The lowest BCUT2D eigenvalue weighted by Gasteiger charge is -2.30. The number of carbonyl (C=O) groups excluding carboxylic acids is 1. The number of thiocarbonyl (C=S) groups is 1. The van der Waals surface area contributed by atoms with Gasteiger partial charge in [-0.1, -0.05) is 23.7 Å². The molecule has 21 heavy (non-hydrogen) atoms. The zero-order valence-corrected chi connectivity index (χ0v) is 13.6. The van der Waals surface area contributed by atoms with Crippen LogP contribution < -0.4 is 10.6 Å². The third kappa shape index (κ3) is 3.74. The van der Waals surface area contributed by atoms with Gasteiger partial charge in [-0.05, 0) is 50.7 Å². The third-order valence-corrected chi connectivity index (χ3v) is 3.47. The van der Waals surface area contributed by atoms with Crippen molar-refractivity contribution in [3.63, 3.8) is 0 Å². The summed E-state index contributed by atoms with van der Waals surface area (Å²) in [5, 5.41) is 7.14. The number of hydrogen-bond donors (Lipinski definition) is 2. The molecule has 4 nitrogen and oxygen atoms in total. The minimum atomic E-state index is -0.372. The molecule has 1 unspecified atom stereocenters. The van der Waals surface area contributed by atoms with Crippen LogP contribution in [0.1, 0.15) is 32.4 Å². The zero-order chi connectivity index (χ0) is 15.6. The Morgan fingerprint density at radius 1 is 1.43 bits per heavy atom. The van der Waals surface area contributed by atoms with Crippen LogP contribution in [-0.2, 0) is 9.53 Å². The molecule has 0 aromatic heterocycles. The summed E-state index contributed by atoms with van der Waals surface area (Å²) in [6.45, 7) is 5.44. The molecule has 0 fully saturated rings. The predicted molar refractivity (Wildman–Crippen MR) is 87.0 cm³/mol. The second-order valence-corrected chi connectivity index (χ2v) is 5.92. The van der Waals surface area contributed by atoms with Crippen molar-refractivity contribution in [1.29, 1.82) is 0 Å². The number of ether oxygens (including phenoxy) is 1. The van der Waals surface area contributed by atoms with E-state index in [0.717, 1.165) is 5.56 Å². The number of esters is 1. The number of rotatable bonds is 3. The number of benzene rings is 1. The highest BCUT2D eigenvalue weighted by Crippen LogP contribution is 2.29. The molecule has 0 saturated carbocycles. The van der Waals surface area contributed by atoms with Gasteiger partial charge in [-0.25, -0.2) is 4.79 Å². The first-order chi connectivity index (χ1) is 9.88. The maximum Gasteiger partial charge on any atom is 0.338 e. The molecule has 0 saturated heterocycles. The van der Waals surface area contributed by atoms with Gasteiger partial charge in [-0.2, -0.15) is 0 Å². The van der Waals surface area contributed by atoms with Crippen LogP contribution in [0.15, 0.2) is 35.5 Å². The van der Waals surface area contributed by atoms with Crippen LogP contribution in [0.4, 0.5) is 0 Å². The van der Waals surface area contributed by atoms with Crippen molar-refractivity contribution >= 4 is 34.9 Å². The molecule has 1 aromatic rings. The van der Waals surface area contributed by atoms with Crippen LogP contribution in [-0.4, -0.2) is 17.2 Å². The Kier molecular flexibility index (Phi) is 4.85. The van der Waals surface area contributed by atoms with E-state index in [1.807, 2.05) is 39.0 Å². The summed E-state index contributed by atoms with van der Waals surface area (Å²) < 4.78 is 5.32. The van der Waals surface area contributed by atoms with E-state index in [4.69, 9.17) is 28.6 Å². The Balaban J connectivity index is 2.43. The first-order valence-electron chi connectivity index (χ1n) is 6.63. The fraction of sp³-hybridized carbons (Fsp3) is 0.333. The van der Waals surface area contributed by atoms with Gasteiger partial charge in [-0.3, -0.25) is 0 Å². The van der Waals surface area contributed by atoms with Crippen LogP contribution in [0.25, 0.3) is 0 Å². The Hall–Kier alpha value is -1.59. The first-order valence-corrected chi connectivity index (χ1v) is 7.42. The van der Waals surface area contributed by atoms with Crippen LogP contribution in [0.5, 0.6) is 0 Å². The van der Waals surface area contributed by atoms with Crippen molar-refractivity contribution in [1.82, 2.24) is 10.6 Å². The molecule has 1 aliphatic rings. The maximum atomic E-state index is 12.4. The number of nitrogens with one attached hydrogen (secondary N) is 2. The number of carbonyl (C=O) groups is 1. The smallest absolute Gasteiger partial charge is 0.338 e. The molecular formula is C15H17ClN2O2S. The van der Waals surface area contributed by atoms with E-state index in [0.29, 0.717) is 21.4 Å². The highest BCUT2D eigenvalue weighted by molar-refractivity contribution is 7.80. The van der Waals surface area contributed by atoms with E-state index in [1.165, 1.54) is 0 Å². The molecule has 2 rings (SSSR count). The van der Waals surface area contributed by atoms with Gasteiger partial charge in [0.25, 0.3) is 0 Å². The molecular weight excluding hydrogens is 308 g/mol. The summed E-state index contributed by atoms with van der Waals surface area (Å²) in [5.41, 5.74) is 2.07. The lowest BCUT2D eigenvalue weighted by atomic mass is 9.96. The summed E-state index contributed by atoms with van der Waals surface area (Å²) in [7, 11) is 0. The van der Waals surface area contributed by atoms with Crippen molar-refractivity contribution in [3.8, 4) is 0 Å². The Bertz CT molecular complexity index is 613. The topological polar surface area (TPSA) is 50.4 Å². The normalized spacial score (nSPS) is 18.3. The molecule has 0 amide bonds. The van der Waals surface area contributed by atoms with Crippen molar-refractivity contribution in [2.45, 2.75) is 32.9 Å². The molecule has 0 bridgehead atoms. The number of hydrogen-bond acceptors (Lipinski definition) is 3. The van der Waals surface area contributed by atoms with Crippen LogP contribution in [0.2, 0.25) is 5.02 Å². The molecule has 1 heterocycles. The van der Waals surface area contributed by atoms with Gasteiger partial charge in [0.1, 0.15) is 0 Å². The summed E-state index contributed by atoms with van der Waals surface area (Å²) in [6, 6.07) is 6.96. The molecule has 0 radical (unpaired) electrons. The Labute approximate surface area is 134 Å². The van der Waals surface area contributed by atoms with Crippen LogP contribution in [0.3, 0.4) is 0 Å². The second kappa shape index (κ2) is 6.45. The maximum absolute atomic E-state index is 12.4. The molecule has 112 valence electrons. The highest BCUT2D eigenvalue weighted by atomic mass is 35.5. The molecule has 1 aliphatic heterocycles. The SMILES string of the molecule is CC1=C(C(=O)OC(C)C)C(c2cccc(Cl)c2)NC(=S)N1. The lowest BCUT2D eigenvalue weighted by Crippen LogP contribution is -2.45. The average molecular weight is 325 g/mol. The summed E-state index contributed by atoms with van der Waals surface area (Å²) in [4.78, 5) is 12.4. The van der Waals surface area contributed by atoms with Gasteiger partial charge < -0.3 is 15.4 Å². The first kappa shape index (κ1) is 15.8. The monoisotopic (exact) mass is 324 g/mol. The van der Waals surface area contributed by atoms with Crippen molar-refractivity contribution in [2.75, 3.05) is 0 Å². The zero-order valence-electron chi connectivity index (χ0n) is 12.1. The average Bonchev–Trinajstić information content (AvgIpc) is 2.36. The van der Waals surface area contributed by atoms with E-state index < -0.39 is 0 Å². The fourth-order valence-electron chi connectivity index (χ4n) is 2.18. The molecule has 0 aliphatic carbocycles. The van der Waals surface area contributed by atoms with E-state index in [1.54, 1.807) is 6.07 Å². The highest BCUT2D eigenvalue weighted by Gasteiger charge is 2.31. The van der Waals surface area contributed by atoms with Gasteiger partial charge in [0.2, 0.25) is 0 Å². The van der Waals surface area contributed by atoms with Gasteiger partial charge in [0.05, 0.1) is 17.7 Å². The second-order valence-electron chi connectivity index (χ2n) is 5.08. The van der Waals surface area contributed by atoms with Gasteiger partial charge >= 0.3 is 5.97 Å². The summed E-state index contributed by atoms with van der Waals surface area (Å²) in [6.07, 6.45) is -0.188. The quantitative estimate of drug-likeness (QED) is 0.661. The van der Waals surface area contributed by atoms with Gasteiger partial charge in [0.15, 0.2) is 5.11 Å². The van der Waals surface area contributed by atoms with Crippen molar-refractivity contribution in [3.05, 3.63) is 46.1 Å². The van der Waals surface area contributed by atoms with Crippen molar-refractivity contribution < 1.29 is 9.53 Å². The standard InChI is InChI=1S/C15H17ClN2O2S/c1-8(2)20-14(19)12-9(3)17-15(21)18-13(12)10-5-4-6-11(16)7-10/h4-8,13H,1-3H3,(H2,17,18,21). The van der Waals surface area contributed by atoms with Crippen LogP contribution in [0, 0.1) is 0 Å². The Morgan fingerprint density at radius 3 is 2.76 bits per heavy atom. The molecule has 0 spiro atoms. The van der Waals surface area contributed by atoms with Crippen molar-refractivity contribution in [2.24, 2.45) is 0 Å². The minimum Gasteiger partial charge on any atom is -0.459 e. The van der Waals surface area contributed by atoms with Gasteiger partial charge in [0, 0.05) is 10.7 Å². The largest absolute Gasteiger partial charge is 0.459 e.